The van der Waals surface area contributed by atoms with Crippen molar-refractivity contribution >= 4 is 60.1 Å². The van der Waals surface area contributed by atoms with Gasteiger partial charge in [0.15, 0.2) is 0 Å². The molecule has 0 bridgehead atoms. The van der Waals surface area contributed by atoms with E-state index in [1.807, 2.05) is 24.3 Å². The number of benzene rings is 7. The first-order chi connectivity index (χ1) is 24.0. The zero-order valence-corrected chi connectivity index (χ0v) is 27.0. The fraction of sp³-hybridized carbons (Fsp3) is 0.0667. The number of hydrogen-bond acceptors (Lipinski definition) is 1. The minimum absolute atomic E-state index is 0.131. The first kappa shape index (κ1) is 27.5. The van der Waals surface area contributed by atoms with Crippen LogP contribution in [0, 0.1) is 17.9 Å². The van der Waals surface area contributed by atoms with Crippen LogP contribution in [0.4, 0.5) is 5.69 Å². The van der Waals surface area contributed by atoms with Crippen molar-refractivity contribution in [2.75, 3.05) is 0 Å². The molecule has 0 saturated heterocycles. The zero-order chi connectivity index (χ0) is 33.0. The summed E-state index contributed by atoms with van der Waals surface area (Å²) in [7, 11) is 0. The van der Waals surface area contributed by atoms with Crippen LogP contribution in [-0.4, -0.2) is 9.13 Å². The molecule has 0 spiro atoms. The number of hydrogen-bond donors (Lipinski definition) is 0. The highest BCUT2D eigenvalue weighted by atomic mass is 15.0. The van der Waals surface area contributed by atoms with Crippen LogP contribution in [0.2, 0.25) is 0 Å². The summed E-state index contributed by atoms with van der Waals surface area (Å²) in [5, 5.41) is 17.7. The Bertz CT molecular complexity index is 2990. The highest BCUT2D eigenvalue weighted by Crippen LogP contribution is 2.51. The number of aromatic nitrogens is 2. The van der Waals surface area contributed by atoms with E-state index in [0.717, 1.165) is 43.6 Å². The van der Waals surface area contributed by atoms with Crippen molar-refractivity contribution < 1.29 is 0 Å². The first-order valence-corrected chi connectivity index (χ1v) is 16.5. The third-order valence-corrected chi connectivity index (χ3v) is 10.8. The number of nitriles is 1. The van der Waals surface area contributed by atoms with Crippen LogP contribution in [-0.2, 0) is 5.41 Å². The van der Waals surface area contributed by atoms with Gasteiger partial charge in [-0.15, -0.1) is 0 Å². The van der Waals surface area contributed by atoms with E-state index in [1.54, 1.807) is 0 Å². The molecule has 49 heavy (non-hydrogen) atoms. The van der Waals surface area contributed by atoms with Crippen LogP contribution in [0.3, 0.4) is 0 Å². The molecule has 9 aromatic rings. The number of para-hydroxylation sites is 2. The van der Waals surface area contributed by atoms with Crippen molar-refractivity contribution in [2.45, 2.75) is 19.3 Å². The third kappa shape index (κ3) is 3.55. The van der Waals surface area contributed by atoms with E-state index in [1.165, 1.54) is 33.0 Å². The lowest BCUT2D eigenvalue weighted by Gasteiger charge is -2.21. The van der Waals surface area contributed by atoms with E-state index in [9.17, 15) is 5.26 Å². The Balaban J connectivity index is 1.29. The molecule has 4 heteroatoms. The van der Waals surface area contributed by atoms with Gasteiger partial charge in [-0.05, 0) is 75.5 Å². The average Bonchev–Trinajstić information content (AvgIpc) is 3.73. The Morgan fingerprint density at radius 1 is 0.571 bits per heavy atom. The molecule has 2 heterocycles. The molecule has 228 valence electrons. The van der Waals surface area contributed by atoms with E-state index in [-0.39, 0.29) is 5.41 Å². The molecule has 0 amide bonds. The van der Waals surface area contributed by atoms with Crippen molar-refractivity contribution in [1.29, 1.82) is 5.26 Å². The second-order valence-corrected chi connectivity index (χ2v) is 13.6. The Kier molecular flexibility index (Phi) is 5.44. The highest BCUT2D eigenvalue weighted by molar-refractivity contribution is 6.21. The minimum Gasteiger partial charge on any atom is -0.319 e. The van der Waals surface area contributed by atoms with Crippen LogP contribution in [0.5, 0.6) is 0 Å². The van der Waals surface area contributed by atoms with Gasteiger partial charge in [0.25, 0.3) is 0 Å². The summed E-state index contributed by atoms with van der Waals surface area (Å²) < 4.78 is 4.35. The molecule has 0 fully saturated rings. The van der Waals surface area contributed by atoms with Gasteiger partial charge in [0, 0.05) is 27.0 Å². The van der Waals surface area contributed by atoms with Crippen molar-refractivity contribution in [3.63, 3.8) is 0 Å². The molecule has 2 aromatic heterocycles. The predicted octanol–water partition coefficient (Wildman–Crippen LogP) is 11.8. The summed E-state index contributed by atoms with van der Waals surface area (Å²) in [6.07, 6.45) is 0. The zero-order valence-electron chi connectivity index (χ0n) is 27.0. The molecule has 10 rings (SSSR count). The normalized spacial score (nSPS) is 13.2. The highest BCUT2D eigenvalue weighted by Gasteiger charge is 2.36. The van der Waals surface area contributed by atoms with Gasteiger partial charge in [-0.2, -0.15) is 5.26 Å². The molecule has 0 atom stereocenters. The summed E-state index contributed by atoms with van der Waals surface area (Å²) >= 11 is 0. The van der Waals surface area contributed by atoms with E-state index in [2.05, 4.69) is 143 Å². The lowest BCUT2D eigenvalue weighted by molar-refractivity contribution is 0.661. The van der Waals surface area contributed by atoms with Gasteiger partial charge in [-0.3, -0.25) is 0 Å². The fourth-order valence-corrected chi connectivity index (χ4v) is 8.53. The van der Waals surface area contributed by atoms with Gasteiger partial charge in [-0.25, -0.2) is 4.85 Å². The Morgan fingerprint density at radius 3 is 2.04 bits per heavy atom. The van der Waals surface area contributed by atoms with Crippen molar-refractivity contribution in [3.05, 3.63) is 162 Å². The molecule has 0 radical (unpaired) electrons. The van der Waals surface area contributed by atoms with E-state index in [4.69, 9.17) is 6.57 Å². The largest absolute Gasteiger partial charge is 0.319 e. The Hall–Kier alpha value is -6.62. The molecule has 0 N–H and O–H groups in total. The molecule has 0 unspecified atom stereocenters. The quantitative estimate of drug-likeness (QED) is 0.176. The Morgan fingerprint density at radius 2 is 1.24 bits per heavy atom. The summed E-state index contributed by atoms with van der Waals surface area (Å²) in [4.78, 5) is 4.12. The maximum absolute atomic E-state index is 10.8. The van der Waals surface area contributed by atoms with E-state index >= 15 is 0 Å². The standard InChI is InChI=1S/C45H28N4/c1-45(2)35-17-9-6-14-30(35)33-24-42-34(23-36(33)45)31-15-7-10-18-38(31)49(42)41-25-37(47-3)43(22-28(41)26-46)48-39-19-11-8-16-32(39)44-29-13-5-4-12-27(29)20-21-40(44)48/h4-25H,1-2H3. The number of rotatable bonds is 2. The predicted molar refractivity (Wildman–Crippen MR) is 201 cm³/mol. The van der Waals surface area contributed by atoms with Gasteiger partial charge < -0.3 is 9.13 Å². The molecule has 1 aliphatic rings. The fourth-order valence-electron chi connectivity index (χ4n) is 8.53. The van der Waals surface area contributed by atoms with Gasteiger partial charge in [-0.1, -0.05) is 105 Å². The molecule has 4 nitrogen and oxygen atoms in total. The smallest absolute Gasteiger partial charge is 0.212 e. The molecular weight excluding hydrogens is 597 g/mol. The molecular formula is C45H28N4. The average molecular weight is 625 g/mol. The molecule has 0 saturated carbocycles. The van der Waals surface area contributed by atoms with Crippen molar-refractivity contribution in [3.8, 4) is 28.6 Å². The van der Waals surface area contributed by atoms with Gasteiger partial charge in [0.05, 0.1) is 45.6 Å². The van der Waals surface area contributed by atoms with Crippen LogP contribution in [0.1, 0.15) is 30.5 Å². The topological polar surface area (TPSA) is 38.0 Å². The summed E-state index contributed by atoms with van der Waals surface area (Å²) in [5.74, 6) is 0. The summed E-state index contributed by atoms with van der Waals surface area (Å²) in [6.45, 7) is 13.1. The summed E-state index contributed by atoms with van der Waals surface area (Å²) in [5.41, 5.74) is 11.4. The van der Waals surface area contributed by atoms with Gasteiger partial charge >= 0.3 is 0 Å². The number of fused-ring (bicyclic) bond motifs is 11. The second-order valence-electron chi connectivity index (χ2n) is 13.6. The molecule has 7 aromatic carbocycles. The SMILES string of the molecule is [C-]#[N+]c1cc(-n2c3ccccc3c3cc4c(cc32)-c2ccccc2C4(C)C)c(C#N)cc1-n1c2ccccc2c2c3ccccc3ccc21. The monoisotopic (exact) mass is 624 g/mol. The first-order valence-electron chi connectivity index (χ1n) is 16.5. The summed E-state index contributed by atoms with van der Waals surface area (Å²) in [6, 6.07) is 49.1. The third-order valence-electron chi connectivity index (χ3n) is 10.8. The van der Waals surface area contributed by atoms with E-state index < -0.39 is 0 Å². The van der Waals surface area contributed by atoms with Crippen LogP contribution in [0.25, 0.3) is 81.7 Å². The van der Waals surface area contributed by atoms with Crippen LogP contribution < -0.4 is 0 Å². The van der Waals surface area contributed by atoms with Crippen molar-refractivity contribution in [2.24, 2.45) is 0 Å². The maximum Gasteiger partial charge on any atom is 0.212 e. The lowest BCUT2D eigenvalue weighted by atomic mass is 9.82. The van der Waals surface area contributed by atoms with Crippen LogP contribution in [0.15, 0.2) is 133 Å². The van der Waals surface area contributed by atoms with Gasteiger partial charge in [0.1, 0.15) is 6.07 Å². The van der Waals surface area contributed by atoms with Crippen molar-refractivity contribution in [1.82, 2.24) is 9.13 Å². The van der Waals surface area contributed by atoms with E-state index in [0.29, 0.717) is 22.6 Å². The molecule has 1 aliphatic carbocycles. The minimum atomic E-state index is -0.131. The second kappa shape index (κ2) is 9.71. The Labute approximate surface area is 283 Å². The van der Waals surface area contributed by atoms with Crippen LogP contribution >= 0.6 is 0 Å². The number of nitrogens with zero attached hydrogens (tertiary/aromatic N) is 4. The lowest BCUT2D eigenvalue weighted by Crippen LogP contribution is -2.14. The maximum atomic E-state index is 10.8. The molecule has 0 aliphatic heterocycles. The van der Waals surface area contributed by atoms with Gasteiger partial charge in [0.2, 0.25) is 5.69 Å².